The van der Waals surface area contributed by atoms with Gasteiger partial charge in [0.15, 0.2) is 0 Å². The number of piperazine rings is 1. The van der Waals surface area contributed by atoms with Gasteiger partial charge in [0.1, 0.15) is 6.07 Å². The van der Waals surface area contributed by atoms with Crippen LogP contribution in [0.15, 0.2) is 72.8 Å². The van der Waals surface area contributed by atoms with Gasteiger partial charge in [0, 0.05) is 51.9 Å². The Hall–Kier alpha value is -4.08. The standard InChI is InChI=1S/C33H33F6N5O/c1-41(20-24-15-26(32(34,35)36)17-27(16-24)33(37,38)39)28-18-30(44(22-28)21-23-7-3-2-4-8-23)31(45)43-13-11-42(12-14-43)29-10-6-5-9-25(29)19-40/h2-10,15-17,28,30H,11-14,18,20-22H2,1H3/t28-,30-/m0/s1. The highest BCUT2D eigenvalue weighted by molar-refractivity contribution is 5.82. The number of alkyl halides is 6. The third kappa shape index (κ3) is 7.60. The third-order valence-electron chi connectivity index (χ3n) is 8.55. The van der Waals surface area contributed by atoms with Gasteiger partial charge >= 0.3 is 12.4 Å². The predicted octanol–water partition coefficient (Wildman–Crippen LogP) is 6.02. The highest BCUT2D eigenvalue weighted by Crippen LogP contribution is 2.37. The smallest absolute Gasteiger partial charge is 0.367 e. The molecule has 2 fully saturated rings. The van der Waals surface area contributed by atoms with Crippen molar-refractivity contribution in [2.75, 3.05) is 44.7 Å². The Morgan fingerprint density at radius 2 is 1.47 bits per heavy atom. The van der Waals surface area contributed by atoms with Crippen LogP contribution in [0.5, 0.6) is 0 Å². The van der Waals surface area contributed by atoms with Crippen molar-refractivity contribution < 1.29 is 31.1 Å². The minimum atomic E-state index is -4.92. The van der Waals surface area contributed by atoms with Crippen molar-refractivity contribution in [3.8, 4) is 6.07 Å². The summed E-state index contributed by atoms with van der Waals surface area (Å²) in [6.07, 6.45) is -9.47. The van der Waals surface area contributed by atoms with Crippen molar-refractivity contribution in [3.63, 3.8) is 0 Å². The van der Waals surface area contributed by atoms with Crippen LogP contribution in [0.4, 0.5) is 32.0 Å². The van der Waals surface area contributed by atoms with E-state index in [1.165, 1.54) is 0 Å². The van der Waals surface area contributed by atoms with Gasteiger partial charge in [-0.3, -0.25) is 14.6 Å². The zero-order valence-electron chi connectivity index (χ0n) is 24.7. The zero-order valence-corrected chi connectivity index (χ0v) is 24.7. The van der Waals surface area contributed by atoms with E-state index in [9.17, 15) is 36.4 Å². The molecule has 2 saturated heterocycles. The molecule has 0 spiro atoms. The first kappa shape index (κ1) is 32.3. The Labute approximate surface area is 258 Å². The van der Waals surface area contributed by atoms with E-state index >= 15 is 0 Å². The average molecular weight is 630 g/mol. The maximum absolute atomic E-state index is 13.9. The maximum atomic E-state index is 13.9. The molecule has 3 aromatic carbocycles. The van der Waals surface area contributed by atoms with Gasteiger partial charge in [0.25, 0.3) is 0 Å². The van der Waals surface area contributed by atoms with E-state index in [2.05, 4.69) is 11.0 Å². The third-order valence-corrected chi connectivity index (χ3v) is 8.55. The lowest BCUT2D eigenvalue weighted by Crippen LogP contribution is -2.53. The molecule has 0 bridgehead atoms. The summed E-state index contributed by atoms with van der Waals surface area (Å²) in [5.74, 6) is -0.0616. The van der Waals surface area contributed by atoms with E-state index in [0.29, 0.717) is 51.3 Å². The molecule has 2 atom stereocenters. The molecule has 5 rings (SSSR count). The largest absolute Gasteiger partial charge is 0.416 e. The number of halogens is 6. The molecule has 12 heteroatoms. The molecule has 45 heavy (non-hydrogen) atoms. The van der Waals surface area contributed by atoms with Crippen LogP contribution < -0.4 is 4.90 Å². The van der Waals surface area contributed by atoms with Gasteiger partial charge in [-0.15, -0.1) is 0 Å². The molecule has 0 aromatic heterocycles. The summed E-state index contributed by atoms with van der Waals surface area (Å²) >= 11 is 0. The Bertz CT molecular complexity index is 1500. The van der Waals surface area contributed by atoms with Crippen LogP contribution in [0.3, 0.4) is 0 Å². The molecule has 2 aliphatic heterocycles. The normalized spacial score (nSPS) is 19.6. The summed E-state index contributed by atoms with van der Waals surface area (Å²) in [6, 6.07) is 20.0. The molecule has 2 heterocycles. The lowest BCUT2D eigenvalue weighted by molar-refractivity contribution is -0.143. The number of nitriles is 1. The molecule has 0 saturated carbocycles. The molecule has 6 nitrogen and oxygen atoms in total. The molecule has 0 radical (unpaired) electrons. The van der Waals surface area contributed by atoms with Crippen molar-refractivity contribution in [1.29, 1.82) is 5.26 Å². The van der Waals surface area contributed by atoms with Crippen LogP contribution in [0.25, 0.3) is 0 Å². The Morgan fingerprint density at radius 3 is 2.07 bits per heavy atom. The van der Waals surface area contributed by atoms with E-state index in [1.807, 2.05) is 47.4 Å². The number of likely N-dealkylation sites (tertiary alicyclic amines) is 1. The number of carbonyl (C=O) groups is 1. The van der Waals surface area contributed by atoms with E-state index in [0.717, 1.165) is 23.4 Å². The Kier molecular flexibility index (Phi) is 9.41. The number of likely N-dealkylation sites (N-methyl/N-ethyl adjacent to an activating group) is 1. The number of para-hydroxylation sites is 1. The topological polar surface area (TPSA) is 53.8 Å². The highest BCUT2D eigenvalue weighted by Gasteiger charge is 2.41. The first-order chi connectivity index (χ1) is 21.3. The lowest BCUT2D eigenvalue weighted by Gasteiger charge is -2.38. The van der Waals surface area contributed by atoms with E-state index in [4.69, 9.17) is 0 Å². The summed E-state index contributed by atoms with van der Waals surface area (Å²) in [7, 11) is 1.66. The quantitative estimate of drug-likeness (QED) is 0.300. The second kappa shape index (κ2) is 13.1. The number of nitrogens with zero attached hydrogens (tertiary/aromatic N) is 5. The van der Waals surface area contributed by atoms with Crippen molar-refractivity contribution in [2.24, 2.45) is 0 Å². The fourth-order valence-electron chi connectivity index (χ4n) is 6.20. The predicted molar refractivity (Wildman–Crippen MR) is 157 cm³/mol. The number of hydrogen-bond acceptors (Lipinski definition) is 5. The molecule has 3 aromatic rings. The molecular formula is C33H33F6N5O. The van der Waals surface area contributed by atoms with Crippen molar-refractivity contribution in [3.05, 3.63) is 101 Å². The van der Waals surface area contributed by atoms with Crippen molar-refractivity contribution in [2.45, 2.75) is 43.9 Å². The summed E-state index contributed by atoms with van der Waals surface area (Å²) in [4.78, 5) is 21.6. The first-order valence-electron chi connectivity index (χ1n) is 14.6. The number of hydrogen-bond donors (Lipinski definition) is 0. The van der Waals surface area contributed by atoms with Gasteiger partial charge < -0.3 is 9.80 Å². The number of rotatable bonds is 7. The van der Waals surface area contributed by atoms with Gasteiger partial charge in [0.05, 0.1) is 28.4 Å². The molecule has 2 aliphatic rings. The van der Waals surface area contributed by atoms with Gasteiger partial charge in [0.2, 0.25) is 5.91 Å². The number of benzene rings is 3. The van der Waals surface area contributed by atoms with Crippen LogP contribution in [-0.2, 0) is 30.2 Å². The summed E-state index contributed by atoms with van der Waals surface area (Å²) in [5.41, 5.74) is -0.410. The number of carbonyl (C=O) groups excluding carboxylic acids is 1. The first-order valence-corrected chi connectivity index (χ1v) is 14.6. The van der Waals surface area contributed by atoms with Gasteiger partial charge in [-0.1, -0.05) is 42.5 Å². The molecule has 0 unspecified atom stereocenters. The van der Waals surface area contributed by atoms with Crippen molar-refractivity contribution >= 4 is 11.6 Å². The van der Waals surface area contributed by atoms with E-state index in [1.54, 1.807) is 29.0 Å². The molecule has 238 valence electrons. The lowest BCUT2D eigenvalue weighted by atomic mass is 10.0. The van der Waals surface area contributed by atoms with Crippen LogP contribution >= 0.6 is 0 Å². The van der Waals surface area contributed by atoms with Crippen LogP contribution in [0.2, 0.25) is 0 Å². The van der Waals surface area contributed by atoms with Crippen LogP contribution in [0, 0.1) is 11.3 Å². The fourth-order valence-corrected chi connectivity index (χ4v) is 6.20. The maximum Gasteiger partial charge on any atom is 0.416 e. The molecule has 0 N–H and O–H groups in total. The average Bonchev–Trinajstić information content (AvgIpc) is 3.44. The summed E-state index contributed by atoms with van der Waals surface area (Å²) < 4.78 is 80.8. The van der Waals surface area contributed by atoms with Crippen molar-refractivity contribution in [1.82, 2.24) is 14.7 Å². The minimum absolute atomic E-state index is 0.0616. The van der Waals surface area contributed by atoms with Crippen LogP contribution in [-0.4, -0.2) is 72.5 Å². The minimum Gasteiger partial charge on any atom is -0.367 e. The SMILES string of the molecule is CN(Cc1cc(C(F)(F)F)cc(C(F)(F)F)c1)[C@H]1C[C@@H](C(=O)N2CCN(c3ccccc3C#N)CC2)N(Cc2ccccc2)C1. The van der Waals surface area contributed by atoms with Crippen LogP contribution in [0.1, 0.15) is 34.2 Å². The Morgan fingerprint density at radius 1 is 0.867 bits per heavy atom. The summed E-state index contributed by atoms with van der Waals surface area (Å²) in [5, 5.41) is 9.49. The zero-order chi connectivity index (χ0) is 32.4. The highest BCUT2D eigenvalue weighted by atomic mass is 19.4. The number of amides is 1. The second-order valence-corrected chi connectivity index (χ2v) is 11.6. The molecular weight excluding hydrogens is 596 g/mol. The van der Waals surface area contributed by atoms with Gasteiger partial charge in [-0.05, 0) is 54.9 Å². The van der Waals surface area contributed by atoms with Gasteiger partial charge in [-0.2, -0.15) is 31.6 Å². The van der Waals surface area contributed by atoms with E-state index in [-0.39, 0.29) is 30.1 Å². The van der Waals surface area contributed by atoms with Gasteiger partial charge in [-0.25, -0.2) is 0 Å². The molecule has 0 aliphatic carbocycles. The number of anilines is 1. The Balaban J connectivity index is 1.32. The monoisotopic (exact) mass is 629 g/mol. The summed E-state index contributed by atoms with van der Waals surface area (Å²) in [6.45, 7) is 2.76. The van der Waals surface area contributed by atoms with E-state index < -0.39 is 29.5 Å². The fraction of sp³-hybridized carbons (Fsp3) is 0.394. The molecule has 1 amide bonds. The second-order valence-electron chi connectivity index (χ2n) is 11.6.